The Labute approximate surface area is 101 Å². The van der Waals surface area contributed by atoms with Gasteiger partial charge in [0.1, 0.15) is 0 Å². The van der Waals surface area contributed by atoms with E-state index >= 15 is 0 Å². The van der Waals surface area contributed by atoms with E-state index in [-0.39, 0.29) is 5.92 Å². The Kier molecular flexibility index (Phi) is 3.42. The Hall–Kier alpha value is -1.84. The molecule has 0 unspecified atom stereocenters. The highest BCUT2D eigenvalue weighted by Gasteiger charge is 2.09. The first-order chi connectivity index (χ1) is 8.15. The normalized spacial score (nSPS) is 11.0. The zero-order valence-corrected chi connectivity index (χ0v) is 10.2. The molecule has 0 bridgehead atoms. The minimum absolute atomic E-state index is 0.285. The van der Waals surface area contributed by atoms with Crippen molar-refractivity contribution in [3.8, 4) is 0 Å². The molecule has 0 amide bonds. The predicted octanol–water partition coefficient (Wildman–Crippen LogP) is 2.56. The van der Waals surface area contributed by atoms with Crippen LogP contribution in [0.15, 0.2) is 28.8 Å². The molecule has 0 saturated heterocycles. The van der Waals surface area contributed by atoms with Gasteiger partial charge >= 0.3 is 0 Å². The van der Waals surface area contributed by atoms with Crippen LogP contribution in [-0.4, -0.2) is 10.1 Å². The molecule has 0 spiro atoms. The van der Waals surface area contributed by atoms with E-state index in [1.165, 1.54) is 5.56 Å². The smallest absolute Gasteiger partial charge is 0.229 e. The second kappa shape index (κ2) is 4.99. The molecule has 17 heavy (non-hydrogen) atoms. The summed E-state index contributed by atoms with van der Waals surface area (Å²) in [5.74, 6) is 1.76. The Morgan fingerprint density at radius 3 is 2.47 bits per heavy atom. The zero-order chi connectivity index (χ0) is 12.3. The highest BCUT2D eigenvalue weighted by Crippen LogP contribution is 2.12. The lowest BCUT2D eigenvalue weighted by atomic mass is 10.1. The second-order valence-corrected chi connectivity index (χ2v) is 4.45. The molecule has 2 N–H and O–H groups in total. The van der Waals surface area contributed by atoms with Crippen molar-refractivity contribution in [2.24, 2.45) is 0 Å². The lowest BCUT2D eigenvalue weighted by Gasteiger charge is -1.99. The summed E-state index contributed by atoms with van der Waals surface area (Å²) in [6, 6.07) is 7.87. The molecule has 1 aromatic carbocycles. The number of nitrogen functional groups attached to an aromatic ring is 1. The zero-order valence-electron chi connectivity index (χ0n) is 10.2. The number of nitrogens with zero attached hydrogens (tertiary/aromatic N) is 2. The molecular weight excluding hydrogens is 214 g/mol. The predicted molar refractivity (Wildman–Crippen MR) is 66.6 cm³/mol. The fraction of sp³-hybridized carbons (Fsp3) is 0.385. The summed E-state index contributed by atoms with van der Waals surface area (Å²) < 4.78 is 5.15. The molecule has 0 aliphatic rings. The van der Waals surface area contributed by atoms with Crippen LogP contribution in [0.4, 0.5) is 5.69 Å². The van der Waals surface area contributed by atoms with Gasteiger partial charge in [0, 0.05) is 18.0 Å². The van der Waals surface area contributed by atoms with Crippen LogP contribution in [0, 0.1) is 0 Å². The van der Waals surface area contributed by atoms with Crippen LogP contribution in [-0.2, 0) is 12.8 Å². The number of aromatic nitrogens is 2. The molecule has 4 heteroatoms. The standard InChI is InChI=1S/C13H17N3O/c1-9(2)13-15-12(16-17-13)8-5-10-3-6-11(14)7-4-10/h3-4,6-7,9H,5,8,14H2,1-2H3. The maximum Gasteiger partial charge on any atom is 0.229 e. The molecule has 0 saturated carbocycles. The number of hydrogen-bond donors (Lipinski definition) is 1. The van der Waals surface area contributed by atoms with Crippen LogP contribution in [0.5, 0.6) is 0 Å². The maximum absolute atomic E-state index is 5.63. The van der Waals surface area contributed by atoms with Crippen LogP contribution >= 0.6 is 0 Å². The number of benzene rings is 1. The molecule has 0 atom stereocenters. The first-order valence-electron chi connectivity index (χ1n) is 5.82. The summed E-state index contributed by atoms with van der Waals surface area (Å²) in [4.78, 5) is 4.34. The van der Waals surface area contributed by atoms with Gasteiger partial charge in [0.15, 0.2) is 5.82 Å². The first kappa shape index (κ1) is 11.6. The summed E-state index contributed by atoms with van der Waals surface area (Å²) >= 11 is 0. The van der Waals surface area contributed by atoms with Gasteiger partial charge in [-0.2, -0.15) is 4.98 Å². The van der Waals surface area contributed by atoms with Gasteiger partial charge in [-0.05, 0) is 24.1 Å². The summed E-state index contributed by atoms with van der Waals surface area (Å²) in [5.41, 5.74) is 7.65. The third-order valence-corrected chi connectivity index (χ3v) is 2.59. The highest BCUT2D eigenvalue weighted by atomic mass is 16.5. The monoisotopic (exact) mass is 231 g/mol. The molecule has 0 aliphatic carbocycles. The Morgan fingerprint density at radius 1 is 1.18 bits per heavy atom. The van der Waals surface area contributed by atoms with E-state index in [1.54, 1.807) is 0 Å². The molecule has 0 aliphatic heterocycles. The molecular formula is C13H17N3O. The van der Waals surface area contributed by atoms with Crippen molar-refractivity contribution < 1.29 is 4.52 Å². The fourth-order valence-corrected chi connectivity index (χ4v) is 1.54. The second-order valence-electron chi connectivity index (χ2n) is 4.45. The number of hydrogen-bond acceptors (Lipinski definition) is 4. The molecule has 0 radical (unpaired) electrons. The van der Waals surface area contributed by atoms with E-state index in [0.717, 1.165) is 24.4 Å². The molecule has 2 aromatic rings. The summed E-state index contributed by atoms with van der Waals surface area (Å²) in [7, 11) is 0. The quantitative estimate of drug-likeness (QED) is 0.821. The molecule has 1 heterocycles. The van der Waals surface area contributed by atoms with Crippen molar-refractivity contribution in [1.82, 2.24) is 10.1 Å². The molecule has 4 nitrogen and oxygen atoms in total. The van der Waals surface area contributed by atoms with E-state index in [4.69, 9.17) is 10.3 Å². The summed E-state index contributed by atoms with van der Waals surface area (Å²) in [6.07, 6.45) is 1.69. The molecule has 90 valence electrons. The van der Waals surface area contributed by atoms with Crippen molar-refractivity contribution in [3.63, 3.8) is 0 Å². The van der Waals surface area contributed by atoms with Crippen molar-refractivity contribution in [1.29, 1.82) is 0 Å². The molecule has 0 fully saturated rings. The number of rotatable bonds is 4. The number of anilines is 1. The maximum atomic E-state index is 5.63. The summed E-state index contributed by atoms with van der Waals surface area (Å²) in [6.45, 7) is 4.08. The fourth-order valence-electron chi connectivity index (χ4n) is 1.54. The first-order valence-corrected chi connectivity index (χ1v) is 5.82. The third kappa shape index (κ3) is 3.06. The van der Waals surface area contributed by atoms with E-state index in [0.29, 0.717) is 5.89 Å². The largest absolute Gasteiger partial charge is 0.399 e. The third-order valence-electron chi connectivity index (χ3n) is 2.59. The topological polar surface area (TPSA) is 64.9 Å². The van der Waals surface area contributed by atoms with Crippen LogP contribution in [0.3, 0.4) is 0 Å². The minimum Gasteiger partial charge on any atom is -0.399 e. The van der Waals surface area contributed by atoms with E-state index in [9.17, 15) is 0 Å². The van der Waals surface area contributed by atoms with Gasteiger partial charge in [0.25, 0.3) is 0 Å². The Balaban J connectivity index is 1.95. The van der Waals surface area contributed by atoms with Crippen LogP contribution in [0.1, 0.15) is 37.0 Å². The average molecular weight is 231 g/mol. The van der Waals surface area contributed by atoms with Gasteiger partial charge in [-0.1, -0.05) is 31.1 Å². The van der Waals surface area contributed by atoms with Crippen LogP contribution in [0.2, 0.25) is 0 Å². The van der Waals surface area contributed by atoms with E-state index in [1.807, 2.05) is 38.1 Å². The number of nitrogens with two attached hydrogens (primary N) is 1. The average Bonchev–Trinajstić information content (AvgIpc) is 2.77. The van der Waals surface area contributed by atoms with Crippen molar-refractivity contribution in [2.75, 3.05) is 5.73 Å². The van der Waals surface area contributed by atoms with Gasteiger partial charge in [-0.25, -0.2) is 0 Å². The van der Waals surface area contributed by atoms with Gasteiger partial charge in [0.2, 0.25) is 5.89 Å². The van der Waals surface area contributed by atoms with E-state index in [2.05, 4.69) is 10.1 Å². The van der Waals surface area contributed by atoms with Crippen LogP contribution < -0.4 is 5.73 Å². The number of aryl methyl sites for hydroxylation is 2. The molecule has 1 aromatic heterocycles. The van der Waals surface area contributed by atoms with Gasteiger partial charge in [0.05, 0.1) is 0 Å². The van der Waals surface area contributed by atoms with Crippen molar-refractivity contribution in [3.05, 3.63) is 41.5 Å². The van der Waals surface area contributed by atoms with Crippen LogP contribution in [0.25, 0.3) is 0 Å². The Morgan fingerprint density at radius 2 is 1.88 bits per heavy atom. The SMILES string of the molecule is CC(C)c1nc(CCc2ccc(N)cc2)no1. The van der Waals surface area contributed by atoms with Gasteiger partial charge in [-0.3, -0.25) is 0 Å². The van der Waals surface area contributed by atoms with Crippen molar-refractivity contribution in [2.45, 2.75) is 32.6 Å². The summed E-state index contributed by atoms with van der Waals surface area (Å²) in [5, 5.41) is 3.96. The Bertz CT molecular complexity index is 474. The van der Waals surface area contributed by atoms with Crippen molar-refractivity contribution >= 4 is 5.69 Å². The lowest BCUT2D eigenvalue weighted by molar-refractivity contribution is 0.360. The lowest BCUT2D eigenvalue weighted by Crippen LogP contribution is -1.95. The highest BCUT2D eigenvalue weighted by molar-refractivity contribution is 5.39. The van der Waals surface area contributed by atoms with E-state index < -0.39 is 0 Å². The van der Waals surface area contributed by atoms with Gasteiger partial charge < -0.3 is 10.3 Å². The van der Waals surface area contributed by atoms with Gasteiger partial charge in [-0.15, -0.1) is 0 Å². The minimum atomic E-state index is 0.285. The molecule has 2 rings (SSSR count).